The quantitative estimate of drug-likeness (QED) is 0.560. The Morgan fingerprint density at radius 2 is 1.46 bits per heavy atom. The lowest BCUT2D eigenvalue weighted by atomic mass is 9.99. The standard InChI is InChI=1S/C23H20N4O/c28-23(22-24-17-27(26-22)20-14-8-3-9-15-20)25-21(19-12-6-2-7-13-19)16-18-10-4-1-5-11-18/h1-15,17,21H,16H2,(H,25,28)/t21-/m0/s1. The number of benzene rings is 3. The Morgan fingerprint density at radius 1 is 0.857 bits per heavy atom. The van der Waals surface area contributed by atoms with Gasteiger partial charge in [0, 0.05) is 0 Å². The van der Waals surface area contributed by atoms with Crippen LogP contribution in [0.2, 0.25) is 0 Å². The van der Waals surface area contributed by atoms with Crippen molar-refractivity contribution in [2.24, 2.45) is 0 Å². The summed E-state index contributed by atoms with van der Waals surface area (Å²) in [5.41, 5.74) is 3.06. The lowest BCUT2D eigenvalue weighted by Gasteiger charge is -2.18. The topological polar surface area (TPSA) is 59.8 Å². The van der Waals surface area contributed by atoms with Gasteiger partial charge in [-0.2, -0.15) is 0 Å². The maximum Gasteiger partial charge on any atom is 0.291 e. The number of nitrogens with zero attached hydrogens (tertiary/aromatic N) is 3. The minimum Gasteiger partial charge on any atom is -0.342 e. The van der Waals surface area contributed by atoms with Gasteiger partial charge in [0.15, 0.2) is 0 Å². The van der Waals surface area contributed by atoms with Gasteiger partial charge in [0.2, 0.25) is 5.82 Å². The van der Waals surface area contributed by atoms with E-state index in [2.05, 4.69) is 27.5 Å². The van der Waals surface area contributed by atoms with E-state index in [9.17, 15) is 4.79 Å². The van der Waals surface area contributed by atoms with E-state index < -0.39 is 0 Å². The highest BCUT2D eigenvalue weighted by molar-refractivity contribution is 5.90. The Labute approximate surface area is 163 Å². The molecule has 28 heavy (non-hydrogen) atoms. The largest absolute Gasteiger partial charge is 0.342 e. The van der Waals surface area contributed by atoms with Crippen LogP contribution in [0.25, 0.3) is 5.69 Å². The summed E-state index contributed by atoms with van der Waals surface area (Å²) in [4.78, 5) is 17.0. The van der Waals surface area contributed by atoms with Crippen molar-refractivity contribution in [1.82, 2.24) is 20.1 Å². The lowest BCUT2D eigenvalue weighted by molar-refractivity contribution is 0.0926. The minimum absolute atomic E-state index is 0.151. The predicted octanol–water partition coefficient (Wildman–Crippen LogP) is 3.98. The summed E-state index contributed by atoms with van der Waals surface area (Å²) in [6.45, 7) is 0. The van der Waals surface area contributed by atoms with Gasteiger partial charge in [-0.3, -0.25) is 4.79 Å². The second-order valence-corrected chi connectivity index (χ2v) is 6.47. The van der Waals surface area contributed by atoms with E-state index in [1.165, 1.54) is 0 Å². The van der Waals surface area contributed by atoms with Crippen LogP contribution in [0.15, 0.2) is 97.3 Å². The molecule has 0 bridgehead atoms. The van der Waals surface area contributed by atoms with E-state index in [4.69, 9.17) is 0 Å². The molecule has 0 unspecified atom stereocenters. The average Bonchev–Trinajstić information content (AvgIpc) is 3.26. The van der Waals surface area contributed by atoms with Gasteiger partial charge in [-0.25, -0.2) is 9.67 Å². The van der Waals surface area contributed by atoms with Crippen molar-refractivity contribution in [3.63, 3.8) is 0 Å². The van der Waals surface area contributed by atoms with Crippen LogP contribution in [0.1, 0.15) is 27.8 Å². The normalized spacial score (nSPS) is 11.7. The van der Waals surface area contributed by atoms with Gasteiger partial charge in [0.05, 0.1) is 11.7 Å². The third-order valence-corrected chi connectivity index (χ3v) is 4.51. The summed E-state index contributed by atoms with van der Waals surface area (Å²) < 4.78 is 1.60. The van der Waals surface area contributed by atoms with Crippen LogP contribution in [0.4, 0.5) is 0 Å². The summed E-state index contributed by atoms with van der Waals surface area (Å²) in [5, 5.41) is 7.41. The molecule has 5 nitrogen and oxygen atoms in total. The monoisotopic (exact) mass is 368 g/mol. The Morgan fingerprint density at radius 3 is 2.14 bits per heavy atom. The molecule has 0 radical (unpaired) electrons. The van der Waals surface area contributed by atoms with Gasteiger partial charge in [0.25, 0.3) is 5.91 Å². The second-order valence-electron chi connectivity index (χ2n) is 6.47. The van der Waals surface area contributed by atoms with Crippen molar-refractivity contribution in [3.8, 4) is 5.69 Å². The molecule has 0 saturated heterocycles. The minimum atomic E-state index is -0.292. The zero-order chi connectivity index (χ0) is 19.2. The smallest absolute Gasteiger partial charge is 0.291 e. The van der Waals surface area contributed by atoms with Crippen molar-refractivity contribution in [1.29, 1.82) is 0 Å². The summed E-state index contributed by atoms with van der Waals surface area (Å²) >= 11 is 0. The Kier molecular flexibility index (Phi) is 5.24. The number of rotatable bonds is 6. The number of para-hydroxylation sites is 1. The molecule has 1 heterocycles. The molecular formula is C23H20N4O. The first kappa shape index (κ1) is 17.7. The molecule has 4 aromatic rings. The molecule has 4 rings (SSSR count). The third kappa shape index (κ3) is 4.15. The van der Waals surface area contributed by atoms with Crippen LogP contribution in [0.3, 0.4) is 0 Å². The van der Waals surface area contributed by atoms with Crippen LogP contribution in [0, 0.1) is 0 Å². The number of aromatic nitrogens is 3. The molecule has 0 spiro atoms. The van der Waals surface area contributed by atoms with Crippen molar-refractivity contribution >= 4 is 5.91 Å². The van der Waals surface area contributed by atoms with Gasteiger partial charge in [-0.1, -0.05) is 78.9 Å². The van der Waals surface area contributed by atoms with Gasteiger partial charge in [-0.15, -0.1) is 5.10 Å². The summed E-state index contributed by atoms with van der Waals surface area (Å²) in [5.74, 6) is -0.141. The van der Waals surface area contributed by atoms with Crippen LogP contribution >= 0.6 is 0 Å². The SMILES string of the molecule is O=C(N[C@@H](Cc1ccccc1)c1ccccc1)c1ncn(-c2ccccc2)n1. The molecule has 1 N–H and O–H groups in total. The fourth-order valence-electron chi connectivity index (χ4n) is 3.08. The number of nitrogens with one attached hydrogen (secondary N) is 1. The average molecular weight is 368 g/mol. The maximum atomic E-state index is 12.8. The second kappa shape index (κ2) is 8.31. The lowest BCUT2D eigenvalue weighted by Crippen LogP contribution is -2.31. The Bertz CT molecular complexity index is 1030. The summed E-state index contributed by atoms with van der Waals surface area (Å²) in [6, 6.07) is 29.5. The van der Waals surface area contributed by atoms with E-state index in [1.807, 2.05) is 78.9 Å². The number of hydrogen-bond acceptors (Lipinski definition) is 3. The molecule has 0 fully saturated rings. The molecule has 0 aliphatic rings. The Hall–Kier alpha value is -3.73. The van der Waals surface area contributed by atoms with Crippen molar-refractivity contribution < 1.29 is 4.79 Å². The maximum absolute atomic E-state index is 12.8. The van der Waals surface area contributed by atoms with E-state index >= 15 is 0 Å². The third-order valence-electron chi connectivity index (χ3n) is 4.51. The van der Waals surface area contributed by atoms with Gasteiger partial charge in [0.1, 0.15) is 6.33 Å². The van der Waals surface area contributed by atoms with Gasteiger partial charge >= 0.3 is 0 Å². The van der Waals surface area contributed by atoms with E-state index in [1.54, 1.807) is 11.0 Å². The highest BCUT2D eigenvalue weighted by atomic mass is 16.2. The van der Waals surface area contributed by atoms with Crippen LogP contribution in [-0.2, 0) is 6.42 Å². The highest BCUT2D eigenvalue weighted by Crippen LogP contribution is 2.19. The molecule has 3 aromatic carbocycles. The van der Waals surface area contributed by atoms with E-state index in [0.29, 0.717) is 6.42 Å². The van der Waals surface area contributed by atoms with Crippen molar-refractivity contribution in [2.45, 2.75) is 12.5 Å². The fourth-order valence-corrected chi connectivity index (χ4v) is 3.08. The number of amides is 1. The van der Waals surface area contributed by atoms with Crippen molar-refractivity contribution in [2.75, 3.05) is 0 Å². The predicted molar refractivity (Wildman–Crippen MR) is 108 cm³/mol. The molecular weight excluding hydrogens is 348 g/mol. The molecule has 0 aliphatic carbocycles. The molecule has 5 heteroatoms. The van der Waals surface area contributed by atoms with E-state index in [0.717, 1.165) is 16.8 Å². The zero-order valence-electron chi connectivity index (χ0n) is 15.3. The molecule has 0 saturated carbocycles. The first-order valence-electron chi connectivity index (χ1n) is 9.16. The number of carbonyl (C=O) groups is 1. The fraction of sp³-hybridized carbons (Fsp3) is 0.0870. The Balaban J connectivity index is 1.55. The van der Waals surface area contributed by atoms with Gasteiger partial charge in [-0.05, 0) is 29.7 Å². The highest BCUT2D eigenvalue weighted by Gasteiger charge is 2.19. The van der Waals surface area contributed by atoms with Gasteiger partial charge < -0.3 is 5.32 Å². The van der Waals surface area contributed by atoms with Crippen LogP contribution < -0.4 is 5.32 Å². The first-order valence-corrected chi connectivity index (χ1v) is 9.16. The number of hydrogen-bond donors (Lipinski definition) is 1. The first-order chi connectivity index (χ1) is 13.8. The summed E-state index contributed by atoms with van der Waals surface area (Å²) in [7, 11) is 0. The molecule has 0 aliphatic heterocycles. The molecule has 1 atom stereocenters. The zero-order valence-corrected chi connectivity index (χ0v) is 15.3. The van der Waals surface area contributed by atoms with Crippen LogP contribution in [0.5, 0.6) is 0 Å². The molecule has 138 valence electrons. The van der Waals surface area contributed by atoms with E-state index in [-0.39, 0.29) is 17.8 Å². The molecule has 1 amide bonds. The number of carbonyl (C=O) groups excluding carboxylic acids is 1. The summed E-state index contributed by atoms with van der Waals surface area (Å²) in [6.07, 6.45) is 2.24. The van der Waals surface area contributed by atoms with Crippen molar-refractivity contribution in [3.05, 3.63) is 114 Å². The van der Waals surface area contributed by atoms with Crippen LogP contribution in [-0.4, -0.2) is 20.7 Å². The molecule has 1 aromatic heterocycles.